The van der Waals surface area contributed by atoms with Gasteiger partial charge in [0.15, 0.2) is 12.4 Å². The Kier molecular flexibility index (Phi) is 4.39. The van der Waals surface area contributed by atoms with Gasteiger partial charge < -0.3 is 9.47 Å². The largest absolute Gasteiger partial charge is 0.481 e. The fraction of sp³-hybridized carbons (Fsp3) is 0.250. The number of esters is 2. The Hall–Kier alpha value is -2.17. The standard InChI is InChI=1S/C12H12O5/c1-8(13)10-5-3-4-6-11(10)16-7-12(15)17-9(2)14/h3-6H,7H2,1-2H3. The number of ketones is 1. The second-order valence-corrected chi connectivity index (χ2v) is 3.31. The number of benzene rings is 1. The van der Waals surface area contributed by atoms with Crippen LogP contribution in [0.5, 0.6) is 5.75 Å². The molecule has 0 heterocycles. The van der Waals surface area contributed by atoms with Gasteiger partial charge in [0.1, 0.15) is 5.75 Å². The molecule has 0 saturated heterocycles. The summed E-state index contributed by atoms with van der Waals surface area (Å²) >= 11 is 0. The van der Waals surface area contributed by atoms with Gasteiger partial charge in [0.25, 0.3) is 0 Å². The highest BCUT2D eigenvalue weighted by Crippen LogP contribution is 2.18. The third-order valence-corrected chi connectivity index (χ3v) is 1.87. The van der Waals surface area contributed by atoms with Crippen molar-refractivity contribution in [3.8, 4) is 5.75 Å². The van der Waals surface area contributed by atoms with E-state index in [2.05, 4.69) is 4.74 Å². The first kappa shape index (κ1) is 12.9. The van der Waals surface area contributed by atoms with Crippen molar-refractivity contribution < 1.29 is 23.9 Å². The minimum absolute atomic E-state index is 0.166. The Morgan fingerprint density at radius 3 is 2.35 bits per heavy atom. The van der Waals surface area contributed by atoms with Gasteiger partial charge in [0.05, 0.1) is 5.56 Å². The Bertz CT molecular complexity index is 450. The molecule has 5 nitrogen and oxygen atoms in total. The van der Waals surface area contributed by atoms with Crippen molar-refractivity contribution in [3.63, 3.8) is 0 Å². The molecule has 1 aromatic rings. The van der Waals surface area contributed by atoms with Crippen LogP contribution in [0.2, 0.25) is 0 Å². The van der Waals surface area contributed by atoms with Crippen LogP contribution in [0.3, 0.4) is 0 Å². The van der Waals surface area contributed by atoms with Crippen molar-refractivity contribution in [2.24, 2.45) is 0 Å². The van der Waals surface area contributed by atoms with Crippen LogP contribution in [0.1, 0.15) is 24.2 Å². The Balaban J connectivity index is 2.66. The molecule has 0 spiro atoms. The van der Waals surface area contributed by atoms with Gasteiger partial charge >= 0.3 is 11.9 Å². The van der Waals surface area contributed by atoms with Gasteiger partial charge in [-0.05, 0) is 19.1 Å². The van der Waals surface area contributed by atoms with Gasteiger partial charge in [0.2, 0.25) is 0 Å². The predicted octanol–water partition coefficient (Wildman–Crippen LogP) is 1.36. The highest BCUT2D eigenvalue weighted by molar-refractivity contribution is 5.96. The van der Waals surface area contributed by atoms with Gasteiger partial charge in [-0.2, -0.15) is 0 Å². The van der Waals surface area contributed by atoms with E-state index in [4.69, 9.17) is 4.74 Å². The van der Waals surface area contributed by atoms with Crippen LogP contribution in [0.15, 0.2) is 24.3 Å². The first-order chi connectivity index (χ1) is 8.00. The Morgan fingerprint density at radius 2 is 1.76 bits per heavy atom. The molecule has 0 unspecified atom stereocenters. The van der Waals surface area contributed by atoms with E-state index in [9.17, 15) is 14.4 Å². The summed E-state index contributed by atoms with van der Waals surface area (Å²) in [5.74, 6) is -1.37. The van der Waals surface area contributed by atoms with Crippen LogP contribution in [-0.2, 0) is 14.3 Å². The molecule has 5 heteroatoms. The van der Waals surface area contributed by atoms with E-state index in [0.29, 0.717) is 11.3 Å². The molecular formula is C12H12O5. The molecule has 0 bridgehead atoms. The van der Waals surface area contributed by atoms with E-state index in [1.807, 2.05) is 0 Å². The molecular weight excluding hydrogens is 224 g/mol. The fourth-order valence-electron chi connectivity index (χ4n) is 1.21. The van der Waals surface area contributed by atoms with Gasteiger partial charge in [0, 0.05) is 6.92 Å². The van der Waals surface area contributed by atoms with Gasteiger partial charge in [-0.1, -0.05) is 12.1 Å². The van der Waals surface area contributed by atoms with Crippen molar-refractivity contribution in [3.05, 3.63) is 29.8 Å². The van der Waals surface area contributed by atoms with Crippen molar-refractivity contribution in [1.29, 1.82) is 0 Å². The lowest BCUT2D eigenvalue weighted by molar-refractivity contribution is -0.159. The normalized spacial score (nSPS) is 9.53. The minimum atomic E-state index is -0.796. The molecule has 0 fully saturated rings. The lowest BCUT2D eigenvalue weighted by Crippen LogP contribution is -2.18. The summed E-state index contributed by atoms with van der Waals surface area (Å²) in [6.07, 6.45) is 0. The lowest BCUT2D eigenvalue weighted by Gasteiger charge is -2.08. The van der Waals surface area contributed by atoms with Crippen LogP contribution in [-0.4, -0.2) is 24.3 Å². The van der Waals surface area contributed by atoms with Crippen molar-refractivity contribution in [2.45, 2.75) is 13.8 Å². The summed E-state index contributed by atoms with van der Waals surface area (Å²) in [6.45, 7) is 2.11. The molecule has 0 saturated carbocycles. The summed E-state index contributed by atoms with van der Waals surface area (Å²) in [6, 6.07) is 6.53. The Labute approximate surface area is 98.3 Å². The van der Waals surface area contributed by atoms with E-state index in [0.717, 1.165) is 6.92 Å². The van der Waals surface area contributed by atoms with Crippen molar-refractivity contribution >= 4 is 17.7 Å². The SMILES string of the molecule is CC(=O)OC(=O)COc1ccccc1C(C)=O. The highest BCUT2D eigenvalue weighted by Gasteiger charge is 2.11. The fourth-order valence-corrected chi connectivity index (χ4v) is 1.21. The Morgan fingerprint density at radius 1 is 1.12 bits per heavy atom. The highest BCUT2D eigenvalue weighted by atomic mass is 16.6. The topological polar surface area (TPSA) is 69.7 Å². The molecule has 0 aromatic heterocycles. The van der Waals surface area contributed by atoms with E-state index >= 15 is 0 Å². The first-order valence-electron chi connectivity index (χ1n) is 4.94. The molecule has 0 atom stereocenters. The number of ether oxygens (including phenoxy) is 2. The minimum Gasteiger partial charge on any atom is -0.481 e. The van der Waals surface area contributed by atoms with Gasteiger partial charge in [-0.15, -0.1) is 0 Å². The van der Waals surface area contributed by atoms with Crippen molar-refractivity contribution in [2.75, 3.05) is 6.61 Å². The average molecular weight is 236 g/mol. The summed E-state index contributed by atoms with van der Waals surface area (Å²) in [5.41, 5.74) is 0.378. The van der Waals surface area contributed by atoms with Crippen LogP contribution in [0, 0.1) is 0 Å². The number of hydrogen-bond donors (Lipinski definition) is 0. The molecule has 0 aliphatic rings. The quantitative estimate of drug-likeness (QED) is 0.448. The maximum absolute atomic E-state index is 11.2. The zero-order valence-electron chi connectivity index (χ0n) is 9.56. The number of para-hydroxylation sites is 1. The van der Waals surface area contributed by atoms with Gasteiger partial charge in [-0.25, -0.2) is 4.79 Å². The van der Waals surface area contributed by atoms with Crippen LogP contribution >= 0.6 is 0 Å². The second-order valence-electron chi connectivity index (χ2n) is 3.31. The summed E-state index contributed by atoms with van der Waals surface area (Å²) < 4.78 is 9.40. The molecule has 0 N–H and O–H groups in total. The molecule has 1 rings (SSSR count). The number of carbonyl (C=O) groups excluding carboxylic acids is 3. The number of rotatable bonds is 4. The predicted molar refractivity (Wildman–Crippen MR) is 58.7 cm³/mol. The first-order valence-corrected chi connectivity index (χ1v) is 4.94. The van der Waals surface area contributed by atoms with Crippen molar-refractivity contribution in [1.82, 2.24) is 0 Å². The average Bonchev–Trinajstić information content (AvgIpc) is 2.25. The third kappa shape index (κ3) is 4.06. The van der Waals surface area contributed by atoms with Crippen LogP contribution in [0.25, 0.3) is 0 Å². The van der Waals surface area contributed by atoms with E-state index in [1.165, 1.54) is 6.92 Å². The molecule has 0 radical (unpaired) electrons. The van der Waals surface area contributed by atoms with E-state index < -0.39 is 18.5 Å². The number of hydrogen-bond acceptors (Lipinski definition) is 5. The maximum Gasteiger partial charge on any atom is 0.351 e. The number of Topliss-reactive ketones (excluding diaryl/α,β-unsaturated/α-hetero) is 1. The summed E-state index contributed by atoms with van der Waals surface area (Å²) in [7, 11) is 0. The van der Waals surface area contributed by atoms with E-state index in [-0.39, 0.29) is 5.78 Å². The lowest BCUT2D eigenvalue weighted by atomic mass is 10.1. The molecule has 17 heavy (non-hydrogen) atoms. The molecule has 0 amide bonds. The molecule has 90 valence electrons. The molecule has 1 aromatic carbocycles. The third-order valence-electron chi connectivity index (χ3n) is 1.87. The van der Waals surface area contributed by atoms with Crippen LogP contribution < -0.4 is 4.74 Å². The van der Waals surface area contributed by atoms with E-state index in [1.54, 1.807) is 24.3 Å². The van der Waals surface area contributed by atoms with Crippen LogP contribution in [0.4, 0.5) is 0 Å². The smallest absolute Gasteiger partial charge is 0.351 e. The second kappa shape index (κ2) is 5.79. The number of carbonyl (C=O) groups is 3. The summed E-state index contributed by atoms with van der Waals surface area (Å²) in [5, 5.41) is 0. The molecule has 0 aliphatic carbocycles. The zero-order valence-corrected chi connectivity index (χ0v) is 9.56. The maximum atomic E-state index is 11.2. The monoisotopic (exact) mass is 236 g/mol. The van der Waals surface area contributed by atoms with Gasteiger partial charge in [-0.3, -0.25) is 9.59 Å². The summed E-state index contributed by atoms with van der Waals surface area (Å²) in [4.78, 5) is 32.8. The zero-order chi connectivity index (χ0) is 12.8. The molecule has 0 aliphatic heterocycles.